The monoisotopic (exact) mass is 363 g/mol. The molecule has 0 aliphatic heterocycles. The molecule has 2 aromatic carbocycles. The van der Waals surface area contributed by atoms with Crippen LogP contribution in [-0.2, 0) is 4.79 Å². The van der Waals surface area contributed by atoms with Crippen LogP contribution in [0, 0.1) is 6.92 Å². The molecule has 4 nitrogen and oxygen atoms in total. The quantitative estimate of drug-likeness (QED) is 0.837. The van der Waals surface area contributed by atoms with Gasteiger partial charge in [-0.05, 0) is 52.7 Å². The van der Waals surface area contributed by atoms with E-state index in [1.807, 2.05) is 49.4 Å². The van der Waals surface area contributed by atoms with Crippen molar-refractivity contribution in [2.45, 2.75) is 13.3 Å². The number of hydrogen-bond donors (Lipinski definition) is 1. The van der Waals surface area contributed by atoms with Gasteiger partial charge < -0.3 is 14.8 Å². The fourth-order valence-corrected chi connectivity index (χ4v) is 2.52. The van der Waals surface area contributed by atoms with Crippen LogP contribution in [0.25, 0.3) is 0 Å². The topological polar surface area (TPSA) is 47.6 Å². The van der Waals surface area contributed by atoms with E-state index < -0.39 is 0 Å². The Bertz CT molecular complexity index is 658. The maximum absolute atomic E-state index is 12.0. The van der Waals surface area contributed by atoms with Gasteiger partial charge in [-0.1, -0.05) is 18.2 Å². The number of nitrogens with one attached hydrogen (secondary N) is 1. The average molecular weight is 364 g/mol. The fourth-order valence-electron chi connectivity index (χ4n) is 1.93. The third kappa shape index (κ3) is 4.49. The van der Waals surface area contributed by atoms with Crippen molar-refractivity contribution in [2.75, 3.05) is 19.0 Å². The van der Waals surface area contributed by atoms with Gasteiger partial charge in [-0.3, -0.25) is 4.79 Å². The zero-order valence-electron chi connectivity index (χ0n) is 12.6. The Balaban J connectivity index is 1.85. The van der Waals surface area contributed by atoms with Gasteiger partial charge in [-0.15, -0.1) is 0 Å². The highest BCUT2D eigenvalue weighted by molar-refractivity contribution is 9.10. The lowest BCUT2D eigenvalue weighted by atomic mass is 10.2. The number of para-hydroxylation sites is 2. The summed E-state index contributed by atoms with van der Waals surface area (Å²) >= 11 is 3.44. The lowest BCUT2D eigenvalue weighted by Gasteiger charge is -2.11. The Hall–Kier alpha value is -2.01. The highest BCUT2D eigenvalue weighted by atomic mass is 79.9. The summed E-state index contributed by atoms with van der Waals surface area (Å²) in [6.07, 6.45) is 0.262. The number of carbonyl (C=O) groups is 1. The maximum Gasteiger partial charge on any atom is 0.227 e. The molecule has 0 bridgehead atoms. The van der Waals surface area contributed by atoms with E-state index >= 15 is 0 Å². The molecule has 0 unspecified atom stereocenters. The van der Waals surface area contributed by atoms with Gasteiger partial charge in [0.1, 0.15) is 0 Å². The summed E-state index contributed by atoms with van der Waals surface area (Å²) in [5.74, 6) is 1.19. The molecule has 0 saturated carbocycles. The van der Waals surface area contributed by atoms with Crippen LogP contribution in [0.5, 0.6) is 11.5 Å². The van der Waals surface area contributed by atoms with Crippen molar-refractivity contribution in [3.05, 3.63) is 52.5 Å². The Morgan fingerprint density at radius 2 is 1.91 bits per heavy atom. The smallest absolute Gasteiger partial charge is 0.227 e. The number of anilines is 1. The molecule has 0 atom stereocenters. The minimum Gasteiger partial charge on any atom is -0.493 e. The minimum atomic E-state index is -0.0977. The van der Waals surface area contributed by atoms with Crippen molar-refractivity contribution in [3.63, 3.8) is 0 Å². The van der Waals surface area contributed by atoms with Crippen LogP contribution < -0.4 is 14.8 Å². The Morgan fingerprint density at radius 3 is 2.59 bits per heavy atom. The first-order chi connectivity index (χ1) is 10.6. The van der Waals surface area contributed by atoms with Crippen LogP contribution in [-0.4, -0.2) is 19.6 Å². The lowest BCUT2D eigenvalue weighted by Crippen LogP contribution is -2.15. The second-order valence-corrected chi connectivity index (χ2v) is 5.64. The minimum absolute atomic E-state index is 0.0977. The fraction of sp³-hybridized carbons (Fsp3) is 0.235. The molecule has 1 N–H and O–H groups in total. The van der Waals surface area contributed by atoms with Crippen molar-refractivity contribution in [3.8, 4) is 11.5 Å². The molecule has 116 valence electrons. The summed E-state index contributed by atoms with van der Waals surface area (Å²) in [7, 11) is 1.59. The molecule has 0 saturated heterocycles. The van der Waals surface area contributed by atoms with Gasteiger partial charge >= 0.3 is 0 Å². The first-order valence-corrected chi connectivity index (χ1v) is 7.71. The predicted molar refractivity (Wildman–Crippen MR) is 90.6 cm³/mol. The van der Waals surface area contributed by atoms with Crippen molar-refractivity contribution < 1.29 is 14.3 Å². The number of hydrogen-bond acceptors (Lipinski definition) is 3. The molecular weight excluding hydrogens is 346 g/mol. The van der Waals surface area contributed by atoms with Crippen molar-refractivity contribution in [1.82, 2.24) is 0 Å². The van der Waals surface area contributed by atoms with Crippen molar-refractivity contribution >= 4 is 27.5 Å². The van der Waals surface area contributed by atoms with E-state index in [9.17, 15) is 4.79 Å². The second-order valence-electron chi connectivity index (χ2n) is 4.78. The van der Waals surface area contributed by atoms with Gasteiger partial charge in [0.2, 0.25) is 5.91 Å². The Morgan fingerprint density at radius 1 is 1.18 bits per heavy atom. The molecular formula is C17H18BrNO3. The van der Waals surface area contributed by atoms with Crippen molar-refractivity contribution in [2.24, 2.45) is 0 Å². The zero-order valence-corrected chi connectivity index (χ0v) is 14.1. The van der Waals surface area contributed by atoms with Crippen LogP contribution in [0.4, 0.5) is 5.69 Å². The summed E-state index contributed by atoms with van der Waals surface area (Å²) in [6.45, 7) is 2.28. The second kappa shape index (κ2) is 7.84. The molecule has 0 fully saturated rings. The summed E-state index contributed by atoms with van der Waals surface area (Å²) in [5, 5.41) is 2.86. The van der Waals surface area contributed by atoms with Gasteiger partial charge in [0, 0.05) is 4.47 Å². The van der Waals surface area contributed by atoms with E-state index in [4.69, 9.17) is 9.47 Å². The van der Waals surface area contributed by atoms with E-state index in [0.717, 1.165) is 15.7 Å². The van der Waals surface area contributed by atoms with Crippen LogP contribution in [0.2, 0.25) is 0 Å². The van der Waals surface area contributed by atoms with Gasteiger partial charge in [0.15, 0.2) is 11.5 Å². The zero-order chi connectivity index (χ0) is 15.9. The lowest BCUT2D eigenvalue weighted by molar-refractivity contribution is -0.116. The first-order valence-electron chi connectivity index (χ1n) is 6.92. The molecule has 1 amide bonds. The molecule has 0 aliphatic carbocycles. The van der Waals surface area contributed by atoms with E-state index in [1.165, 1.54) is 0 Å². The van der Waals surface area contributed by atoms with E-state index in [0.29, 0.717) is 11.5 Å². The first kappa shape index (κ1) is 16.4. The summed E-state index contributed by atoms with van der Waals surface area (Å²) in [6, 6.07) is 13.1. The number of benzene rings is 2. The highest BCUT2D eigenvalue weighted by Crippen LogP contribution is 2.26. The van der Waals surface area contributed by atoms with Crippen LogP contribution in [0.1, 0.15) is 12.0 Å². The molecule has 0 heterocycles. The molecule has 0 radical (unpaired) electrons. The standard InChI is InChI=1S/C17H18BrNO3/c1-12-7-8-14(13(18)11-12)19-17(20)9-10-22-16-6-4-3-5-15(16)21-2/h3-8,11H,9-10H2,1-2H3,(H,19,20). The number of methoxy groups -OCH3 is 1. The number of amides is 1. The SMILES string of the molecule is COc1ccccc1OCCC(=O)Nc1ccc(C)cc1Br. The molecule has 0 aromatic heterocycles. The summed E-state index contributed by atoms with van der Waals surface area (Å²) < 4.78 is 11.6. The van der Waals surface area contributed by atoms with E-state index in [-0.39, 0.29) is 18.9 Å². The number of aryl methyl sites for hydroxylation is 1. The van der Waals surface area contributed by atoms with Gasteiger partial charge in [0.25, 0.3) is 0 Å². The third-order valence-corrected chi connectivity index (χ3v) is 3.71. The van der Waals surface area contributed by atoms with Crippen LogP contribution >= 0.6 is 15.9 Å². The molecule has 0 spiro atoms. The molecule has 5 heteroatoms. The summed E-state index contributed by atoms with van der Waals surface area (Å²) in [5.41, 5.74) is 1.89. The van der Waals surface area contributed by atoms with Gasteiger partial charge in [0.05, 0.1) is 25.8 Å². The van der Waals surface area contributed by atoms with Crippen LogP contribution in [0.15, 0.2) is 46.9 Å². The Labute approximate surface area is 138 Å². The van der Waals surface area contributed by atoms with Gasteiger partial charge in [-0.25, -0.2) is 0 Å². The molecule has 2 rings (SSSR count). The highest BCUT2D eigenvalue weighted by Gasteiger charge is 2.07. The average Bonchev–Trinajstić information content (AvgIpc) is 2.50. The number of rotatable bonds is 6. The molecule has 0 aliphatic rings. The number of halogens is 1. The van der Waals surface area contributed by atoms with Gasteiger partial charge in [-0.2, -0.15) is 0 Å². The van der Waals surface area contributed by atoms with E-state index in [1.54, 1.807) is 7.11 Å². The normalized spacial score (nSPS) is 10.1. The molecule has 22 heavy (non-hydrogen) atoms. The number of ether oxygens (including phenoxy) is 2. The van der Waals surface area contributed by atoms with Crippen molar-refractivity contribution in [1.29, 1.82) is 0 Å². The Kier molecular flexibility index (Phi) is 5.83. The van der Waals surface area contributed by atoms with E-state index in [2.05, 4.69) is 21.2 Å². The summed E-state index contributed by atoms with van der Waals surface area (Å²) in [4.78, 5) is 12.0. The van der Waals surface area contributed by atoms with Crippen LogP contribution in [0.3, 0.4) is 0 Å². The predicted octanol–water partition coefficient (Wildman–Crippen LogP) is 4.17. The largest absolute Gasteiger partial charge is 0.493 e. The molecule has 2 aromatic rings. The number of carbonyl (C=O) groups excluding carboxylic acids is 1. The maximum atomic E-state index is 12.0. The third-order valence-electron chi connectivity index (χ3n) is 3.05.